The fraction of sp³-hybridized carbons (Fsp3) is 0. The van der Waals surface area contributed by atoms with E-state index in [1.165, 1.54) is 6.21 Å². The van der Waals surface area contributed by atoms with Crippen molar-refractivity contribution < 1.29 is 4.79 Å². The molecule has 0 aliphatic carbocycles. The molecule has 1 N–H and O–H groups in total. The van der Waals surface area contributed by atoms with Gasteiger partial charge in [-0.1, -0.05) is 58.5 Å². The molecule has 0 aromatic heterocycles. The van der Waals surface area contributed by atoms with Gasteiger partial charge in [0.05, 0.1) is 16.1 Å². The Morgan fingerprint density at radius 2 is 1.54 bits per heavy atom. The quantitative estimate of drug-likeness (QED) is 0.364. The van der Waals surface area contributed by atoms with Crippen LogP contribution in [0.2, 0.25) is 20.1 Å². The fourth-order valence-electron chi connectivity index (χ4n) is 1.98. The second-order valence-electron chi connectivity index (χ2n) is 5.05. The Morgan fingerprint density at radius 3 is 2.15 bits per heavy atom. The standard InChI is InChI=1S/C17H9Cl4N3OS/c18-11-3-1-9(13(20)6-11)5-15-16(25)23-17(26-15)24-22-8-10-2-4-12(19)7-14(10)21/h1-8H,(H,23,24,25)/b15-5+,22-8+. The van der Waals surface area contributed by atoms with Gasteiger partial charge in [-0.3, -0.25) is 10.1 Å². The zero-order valence-electron chi connectivity index (χ0n) is 12.8. The second-order valence-corrected chi connectivity index (χ2v) is 7.76. The van der Waals surface area contributed by atoms with Crippen LogP contribution >= 0.6 is 58.2 Å². The molecule has 132 valence electrons. The van der Waals surface area contributed by atoms with Crippen molar-refractivity contribution in [2.24, 2.45) is 10.2 Å². The lowest BCUT2D eigenvalue weighted by molar-refractivity contribution is -0.115. The van der Waals surface area contributed by atoms with Crippen LogP contribution in [0.3, 0.4) is 0 Å². The first-order chi connectivity index (χ1) is 12.4. The van der Waals surface area contributed by atoms with Crippen LogP contribution in [0.1, 0.15) is 11.1 Å². The molecule has 1 heterocycles. The van der Waals surface area contributed by atoms with Crippen molar-refractivity contribution in [3.63, 3.8) is 0 Å². The summed E-state index contributed by atoms with van der Waals surface area (Å²) in [5, 5.41) is 12.9. The van der Waals surface area contributed by atoms with Crippen molar-refractivity contribution in [1.29, 1.82) is 0 Å². The number of nitrogens with zero attached hydrogens (tertiary/aromatic N) is 2. The van der Waals surface area contributed by atoms with Gasteiger partial charge in [-0.2, -0.15) is 5.10 Å². The Hall–Kier alpha value is -1.50. The first kappa shape index (κ1) is 19.3. The predicted molar refractivity (Wildman–Crippen MR) is 112 cm³/mol. The number of carbonyl (C=O) groups is 1. The molecule has 4 nitrogen and oxygen atoms in total. The van der Waals surface area contributed by atoms with Crippen LogP contribution in [-0.2, 0) is 4.79 Å². The summed E-state index contributed by atoms with van der Waals surface area (Å²) in [4.78, 5) is 12.5. The SMILES string of the molecule is O=C1N/C(=N\N=C\c2ccc(Cl)cc2Cl)S/C1=C/c1ccc(Cl)cc1Cl. The summed E-state index contributed by atoms with van der Waals surface area (Å²) < 4.78 is 0. The third kappa shape index (κ3) is 4.81. The van der Waals surface area contributed by atoms with E-state index in [1.807, 2.05) is 0 Å². The number of nitrogens with one attached hydrogen (secondary N) is 1. The molecule has 1 aliphatic heterocycles. The molecule has 3 rings (SSSR count). The van der Waals surface area contributed by atoms with Gasteiger partial charge in [0.2, 0.25) is 0 Å². The Labute approximate surface area is 173 Å². The molecule has 0 radical (unpaired) electrons. The third-order valence-electron chi connectivity index (χ3n) is 3.21. The number of carbonyl (C=O) groups excluding carboxylic acids is 1. The van der Waals surface area contributed by atoms with Crippen LogP contribution in [0.5, 0.6) is 0 Å². The number of benzene rings is 2. The van der Waals surface area contributed by atoms with Crippen LogP contribution < -0.4 is 5.32 Å². The number of amidine groups is 1. The smallest absolute Gasteiger partial charge is 0.264 e. The summed E-state index contributed by atoms with van der Waals surface area (Å²) in [5.41, 5.74) is 1.35. The topological polar surface area (TPSA) is 53.8 Å². The number of rotatable bonds is 3. The Morgan fingerprint density at radius 1 is 0.923 bits per heavy atom. The largest absolute Gasteiger partial charge is 0.299 e. The lowest BCUT2D eigenvalue weighted by Gasteiger charge is -1.99. The first-order valence-electron chi connectivity index (χ1n) is 7.14. The molecule has 0 atom stereocenters. The van der Waals surface area contributed by atoms with Crippen LogP contribution in [0, 0.1) is 0 Å². The van der Waals surface area contributed by atoms with Gasteiger partial charge in [-0.25, -0.2) is 0 Å². The van der Waals surface area contributed by atoms with E-state index in [2.05, 4.69) is 15.5 Å². The molecule has 1 saturated heterocycles. The zero-order chi connectivity index (χ0) is 18.7. The molecule has 0 unspecified atom stereocenters. The summed E-state index contributed by atoms with van der Waals surface area (Å²) in [7, 11) is 0. The highest BCUT2D eigenvalue weighted by atomic mass is 35.5. The van der Waals surface area contributed by atoms with Crippen molar-refractivity contribution in [2.75, 3.05) is 0 Å². The molecule has 1 fully saturated rings. The molecule has 9 heteroatoms. The summed E-state index contributed by atoms with van der Waals surface area (Å²) >= 11 is 25.1. The highest BCUT2D eigenvalue weighted by molar-refractivity contribution is 8.18. The summed E-state index contributed by atoms with van der Waals surface area (Å²) in [6.45, 7) is 0. The van der Waals surface area contributed by atoms with Gasteiger partial charge >= 0.3 is 0 Å². The molecule has 1 amide bonds. The van der Waals surface area contributed by atoms with Crippen molar-refractivity contribution in [1.82, 2.24) is 5.32 Å². The molecular formula is C17H9Cl4N3OS. The van der Waals surface area contributed by atoms with E-state index in [1.54, 1.807) is 42.5 Å². The number of amides is 1. The highest BCUT2D eigenvalue weighted by Crippen LogP contribution is 2.29. The average molecular weight is 445 g/mol. The number of hydrogen-bond acceptors (Lipinski definition) is 4. The first-order valence-corrected chi connectivity index (χ1v) is 9.47. The van der Waals surface area contributed by atoms with Gasteiger partial charge < -0.3 is 0 Å². The van der Waals surface area contributed by atoms with E-state index in [9.17, 15) is 4.79 Å². The van der Waals surface area contributed by atoms with E-state index in [0.29, 0.717) is 41.3 Å². The predicted octanol–water partition coefficient (Wildman–Crippen LogP) is 5.89. The molecule has 1 aliphatic rings. The molecule has 0 spiro atoms. The van der Waals surface area contributed by atoms with Crippen LogP contribution in [-0.4, -0.2) is 17.3 Å². The van der Waals surface area contributed by atoms with Gasteiger partial charge in [0, 0.05) is 20.6 Å². The maximum atomic E-state index is 12.1. The Bertz CT molecular complexity index is 972. The van der Waals surface area contributed by atoms with E-state index in [-0.39, 0.29) is 5.91 Å². The lowest BCUT2D eigenvalue weighted by Crippen LogP contribution is -2.19. The third-order valence-corrected chi connectivity index (χ3v) is 5.23. The minimum Gasteiger partial charge on any atom is -0.299 e. The monoisotopic (exact) mass is 443 g/mol. The van der Waals surface area contributed by atoms with Gasteiger partial charge in [-0.05, 0) is 47.7 Å². The summed E-state index contributed by atoms with van der Waals surface area (Å²) in [6.07, 6.45) is 3.15. The second kappa shape index (κ2) is 8.46. The van der Waals surface area contributed by atoms with Crippen molar-refractivity contribution in [2.45, 2.75) is 0 Å². The highest BCUT2D eigenvalue weighted by Gasteiger charge is 2.24. The maximum Gasteiger partial charge on any atom is 0.264 e. The van der Waals surface area contributed by atoms with Gasteiger partial charge in [0.25, 0.3) is 5.91 Å². The normalized spacial score (nSPS) is 17.5. The van der Waals surface area contributed by atoms with E-state index < -0.39 is 0 Å². The zero-order valence-corrected chi connectivity index (χ0v) is 16.7. The minimum atomic E-state index is -0.278. The molecule has 26 heavy (non-hydrogen) atoms. The van der Waals surface area contributed by atoms with Crippen LogP contribution in [0.4, 0.5) is 0 Å². The lowest BCUT2D eigenvalue weighted by atomic mass is 10.2. The van der Waals surface area contributed by atoms with Crippen LogP contribution in [0.15, 0.2) is 51.5 Å². The average Bonchev–Trinajstić information content (AvgIpc) is 2.92. The number of thioether (sulfide) groups is 1. The summed E-state index contributed by atoms with van der Waals surface area (Å²) in [5.74, 6) is -0.278. The van der Waals surface area contributed by atoms with Gasteiger partial charge in [0.15, 0.2) is 5.17 Å². The molecule has 0 bridgehead atoms. The minimum absolute atomic E-state index is 0.278. The Kier molecular flexibility index (Phi) is 6.27. The molecule has 0 saturated carbocycles. The van der Waals surface area contributed by atoms with Gasteiger partial charge in [-0.15, -0.1) is 5.10 Å². The van der Waals surface area contributed by atoms with E-state index in [0.717, 1.165) is 11.8 Å². The van der Waals surface area contributed by atoms with Crippen molar-refractivity contribution >= 4 is 81.5 Å². The summed E-state index contributed by atoms with van der Waals surface area (Å²) in [6, 6.07) is 10.1. The van der Waals surface area contributed by atoms with Crippen molar-refractivity contribution in [3.8, 4) is 0 Å². The number of halogens is 4. The number of hydrogen-bond donors (Lipinski definition) is 1. The molecule has 2 aromatic carbocycles. The Balaban J connectivity index is 1.75. The van der Waals surface area contributed by atoms with E-state index in [4.69, 9.17) is 46.4 Å². The van der Waals surface area contributed by atoms with Gasteiger partial charge in [0.1, 0.15) is 0 Å². The maximum absolute atomic E-state index is 12.1. The van der Waals surface area contributed by atoms with Crippen molar-refractivity contribution in [3.05, 3.63) is 72.5 Å². The fourth-order valence-corrected chi connectivity index (χ4v) is 3.67. The molecule has 2 aromatic rings. The van der Waals surface area contributed by atoms with Crippen LogP contribution in [0.25, 0.3) is 6.08 Å². The molecular weight excluding hydrogens is 436 g/mol. The van der Waals surface area contributed by atoms with E-state index >= 15 is 0 Å².